The number of carbonyl (C=O) groups is 2. The molecule has 1 heterocycles. The summed E-state index contributed by atoms with van der Waals surface area (Å²) in [6.07, 6.45) is 1.68. The number of halogens is 1. The van der Waals surface area contributed by atoms with E-state index in [0.29, 0.717) is 23.6 Å². The van der Waals surface area contributed by atoms with Gasteiger partial charge in [0.15, 0.2) is 11.5 Å². The van der Waals surface area contributed by atoms with Crippen LogP contribution >= 0.6 is 0 Å². The first kappa shape index (κ1) is 27.3. The van der Waals surface area contributed by atoms with Gasteiger partial charge in [0.25, 0.3) is 0 Å². The first-order valence-corrected chi connectivity index (χ1v) is 13.5. The zero-order valence-electron chi connectivity index (χ0n) is 20.7. The highest BCUT2D eigenvalue weighted by atomic mass is 32.2. The third kappa shape index (κ3) is 6.66. The van der Waals surface area contributed by atoms with E-state index < -0.39 is 34.3 Å². The maximum absolute atomic E-state index is 13.6. The molecule has 2 aromatic rings. The Balaban J connectivity index is 1.90. The van der Waals surface area contributed by atoms with E-state index in [9.17, 15) is 22.4 Å². The summed E-state index contributed by atoms with van der Waals surface area (Å²) >= 11 is 0. The molecule has 196 valence electrons. The van der Waals surface area contributed by atoms with Crippen molar-refractivity contribution in [3.63, 3.8) is 0 Å². The molecule has 9 nitrogen and oxygen atoms in total. The maximum Gasteiger partial charge on any atom is 0.244 e. The smallest absolute Gasteiger partial charge is 0.244 e. The highest BCUT2D eigenvalue weighted by Crippen LogP contribution is 2.36. The fourth-order valence-electron chi connectivity index (χ4n) is 3.67. The SMILES string of the molecule is CCCCNC(=O)[C@H](C)N(Cc1ccc(F)cc1)C(=O)CN(c1ccc2c(c1)OCO2)S(=O)(=O)CC. The van der Waals surface area contributed by atoms with Crippen molar-refractivity contribution < 1.29 is 31.9 Å². The molecule has 11 heteroatoms. The van der Waals surface area contributed by atoms with Gasteiger partial charge in [-0.1, -0.05) is 25.5 Å². The summed E-state index contributed by atoms with van der Waals surface area (Å²) in [7, 11) is -3.86. The predicted octanol–water partition coefficient (Wildman–Crippen LogP) is 3.04. The normalized spacial score (nSPS) is 13.2. The molecule has 1 aliphatic rings. The van der Waals surface area contributed by atoms with E-state index in [4.69, 9.17) is 9.47 Å². The number of nitrogens with one attached hydrogen (secondary N) is 1. The van der Waals surface area contributed by atoms with Crippen LogP contribution in [0.5, 0.6) is 11.5 Å². The molecule has 0 saturated carbocycles. The van der Waals surface area contributed by atoms with Crippen molar-refractivity contribution in [1.29, 1.82) is 0 Å². The van der Waals surface area contributed by atoms with Crippen LogP contribution in [0, 0.1) is 5.82 Å². The van der Waals surface area contributed by atoms with Gasteiger partial charge < -0.3 is 19.7 Å². The third-order valence-electron chi connectivity index (χ3n) is 5.89. The Morgan fingerprint density at radius 3 is 2.44 bits per heavy atom. The van der Waals surface area contributed by atoms with Gasteiger partial charge in [-0.15, -0.1) is 0 Å². The van der Waals surface area contributed by atoms with Crippen molar-refractivity contribution in [3.8, 4) is 11.5 Å². The molecule has 0 radical (unpaired) electrons. The van der Waals surface area contributed by atoms with Gasteiger partial charge in [-0.2, -0.15) is 0 Å². The number of ether oxygens (including phenoxy) is 2. The molecule has 0 bridgehead atoms. The molecule has 0 saturated heterocycles. The predicted molar refractivity (Wildman–Crippen MR) is 134 cm³/mol. The van der Waals surface area contributed by atoms with Crippen molar-refractivity contribution in [2.24, 2.45) is 0 Å². The van der Waals surface area contributed by atoms with Crippen molar-refractivity contribution in [2.75, 3.05) is 29.9 Å². The van der Waals surface area contributed by atoms with Gasteiger partial charge in [-0.05, 0) is 50.1 Å². The molecule has 0 unspecified atom stereocenters. The van der Waals surface area contributed by atoms with Gasteiger partial charge in [0.1, 0.15) is 18.4 Å². The number of benzene rings is 2. The Hall–Kier alpha value is -3.34. The lowest BCUT2D eigenvalue weighted by molar-refractivity contribution is -0.139. The van der Waals surface area contributed by atoms with Gasteiger partial charge in [-0.3, -0.25) is 13.9 Å². The van der Waals surface area contributed by atoms with Gasteiger partial charge in [0, 0.05) is 19.2 Å². The summed E-state index contributed by atoms with van der Waals surface area (Å²) in [5, 5.41) is 2.81. The molecule has 0 aromatic heterocycles. The van der Waals surface area contributed by atoms with Gasteiger partial charge in [-0.25, -0.2) is 12.8 Å². The van der Waals surface area contributed by atoms with E-state index >= 15 is 0 Å². The number of unbranched alkanes of at least 4 members (excludes halogenated alkanes) is 1. The standard InChI is InChI=1S/C25H32FN3O6S/c1-4-6-13-27-25(31)18(3)28(15-19-7-9-20(26)10-8-19)24(30)16-29(36(32,33)5-2)21-11-12-22-23(14-21)35-17-34-22/h7-12,14,18H,4-6,13,15-17H2,1-3H3,(H,27,31)/t18-/m0/s1. The Morgan fingerprint density at radius 2 is 1.78 bits per heavy atom. The lowest BCUT2D eigenvalue weighted by atomic mass is 10.1. The number of rotatable bonds is 12. The van der Waals surface area contributed by atoms with Crippen LogP contribution in [-0.2, 0) is 26.2 Å². The molecule has 1 atom stereocenters. The number of fused-ring (bicyclic) bond motifs is 1. The average Bonchev–Trinajstić information content (AvgIpc) is 3.34. The topological polar surface area (TPSA) is 105 Å². The highest BCUT2D eigenvalue weighted by molar-refractivity contribution is 7.92. The summed E-state index contributed by atoms with van der Waals surface area (Å²) in [6.45, 7) is 5.03. The molecule has 2 amide bonds. The number of anilines is 1. The highest BCUT2D eigenvalue weighted by Gasteiger charge is 2.31. The molecule has 2 aromatic carbocycles. The summed E-state index contributed by atoms with van der Waals surface area (Å²) in [4.78, 5) is 27.7. The molecule has 0 spiro atoms. The molecular formula is C25H32FN3O6S. The van der Waals surface area contributed by atoms with E-state index in [0.717, 1.165) is 17.1 Å². The monoisotopic (exact) mass is 521 g/mol. The van der Waals surface area contributed by atoms with Crippen LogP contribution < -0.4 is 19.1 Å². The molecule has 1 aliphatic heterocycles. The van der Waals surface area contributed by atoms with Crippen LogP contribution in [0.4, 0.5) is 10.1 Å². The van der Waals surface area contributed by atoms with Crippen LogP contribution in [0.25, 0.3) is 0 Å². The Morgan fingerprint density at radius 1 is 1.08 bits per heavy atom. The molecule has 1 N–H and O–H groups in total. The number of amides is 2. The number of nitrogens with zero attached hydrogens (tertiary/aromatic N) is 2. The molecular weight excluding hydrogens is 489 g/mol. The van der Waals surface area contributed by atoms with E-state index in [2.05, 4.69) is 5.32 Å². The first-order valence-electron chi connectivity index (χ1n) is 11.9. The number of hydrogen-bond acceptors (Lipinski definition) is 6. The minimum atomic E-state index is -3.86. The van der Waals surface area contributed by atoms with Crippen LogP contribution in [0.2, 0.25) is 0 Å². The molecule has 36 heavy (non-hydrogen) atoms. The Labute approximate surface area is 211 Å². The molecule has 0 fully saturated rings. The Bertz CT molecular complexity index is 1170. The van der Waals surface area contributed by atoms with Crippen LogP contribution in [0.15, 0.2) is 42.5 Å². The van der Waals surface area contributed by atoms with Crippen molar-refractivity contribution in [3.05, 3.63) is 53.8 Å². The first-order chi connectivity index (χ1) is 17.2. The van der Waals surface area contributed by atoms with E-state index in [1.54, 1.807) is 19.1 Å². The largest absolute Gasteiger partial charge is 0.454 e. The summed E-state index contributed by atoms with van der Waals surface area (Å²) in [6, 6.07) is 9.33. The fraction of sp³-hybridized carbons (Fsp3) is 0.440. The van der Waals surface area contributed by atoms with E-state index in [1.807, 2.05) is 6.92 Å². The van der Waals surface area contributed by atoms with Gasteiger partial charge in [0.2, 0.25) is 28.6 Å². The average molecular weight is 522 g/mol. The molecule has 0 aliphatic carbocycles. The van der Waals surface area contributed by atoms with Crippen LogP contribution in [0.3, 0.4) is 0 Å². The fourth-order valence-corrected chi connectivity index (χ4v) is 4.72. The van der Waals surface area contributed by atoms with Crippen molar-refractivity contribution in [2.45, 2.75) is 46.2 Å². The lowest BCUT2D eigenvalue weighted by Crippen LogP contribution is -2.51. The quantitative estimate of drug-likeness (QED) is 0.431. The lowest BCUT2D eigenvalue weighted by Gasteiger charge is -2.32. The summed E-state index contributed by atoms with van der Waals surface area (Å²) in [5.41, 5.74) is 0.849. The Kier molecular flexibility index (Phi) is 9.14. The number of sulfonamides is 1. The van der Waals surface area contributed by atoms with Gasteiger partial charge >= 0.3 is 0 Å². The van der Waals surface area contributed by atoms with Crippen molar-refractivity contribution in [1.82, 2.24) is 10.2 Å². The van der Waals surface area contributed by atoms with E-state index in [-0.39, 0.29) is 30.7 Å². The van der Waals surface area contributed by atoms with Crippen LogP contribution in [-0.4, -0.2) is 56.8 Å². The van der Waals surface area contributed by atoms with Gasteiger partial charge in [0.05, 0.1) is 11.4 Å². The molecule has 3 rings (SSSR count). The minimum absolute atomic E-state index is 0.00261. The van der Waals surface area contributed by atoms with E-state index in [1.165, 1.54) is 42.2 Å². The van der Waals surface area contributed by atoms with Crippen molar-refractivity contribution >= 4 is 27.5 Å². The van der Waals surface area contributed by atoms with Crippen LogP contribution in [0.1, 0.15) is 39.2 Å². The maximum atomic E-state index is 13.6. The summed E-state index contributed by atoms with van der Waals surface area (Å²) < 4.78 is 51.1. The number of hydrogen-bond donors (Lipinski definition) is 1. The zero-order chi connectivity index (χ0) is 26.3. The second-order valence-corrected chi connectivity index (χ2v) is 10.6. The second-order valence-electron chi connectivity index (χ2n) is 8.41. The second kappa shape index (κ2) is 12.1. The third-order valence-corrected chi connectivity index (χ3v) is 7.63. The zero-order valence-corrected chi connectivity index (χ0v) is 21.5. The number of carbonyl (C=O) groups excluding carboxylic acids is 2. The minimum Gasteiger partial charge on any atom is -0.454 e. The summed E-state index contributed by atoms with van der Waals surface area (Å²) in [5.74, 6) is -0.735.